The molecule has 3 aromatic rings. The molecule has 0 saturated carbocycles. The number of methoxy groups -OCH3 is 1. The van der Waals surface area contributed by atoms with Crippen LogP contribution in [0.3, 0.4) is 0 Å². The van der Waals surface area contributed by atoms with Gasteiger partial charge in [-0.3, -0.25) is 4.79 Å². The van der Waals surface area contributed by atoms with Crippen LogP contribution < -0.4 is 0 Å². The molecule has 0 atom stereocenters. The van der Waals surface area contributed by atoms with Gasteiger partial charge in [0.05, 0.1) is 29.0 Å². The predicted molar refractivity (Wildman–Crippen MR) is 105 cm³/mol. The van der Waals surface area contributed by atoms with Crippen LogP contribution in [0.2, 0.25) is 5.02 Å². The van der Waals surface area contributed by atoms with Crippen molar-refractivity contribution in [3.05, 3.63) is 58.4 Å². The van der Waals surface area contributed by atoms with Crippen molar-refractivity contribution in [2.45, 2.75) is 5.03 Å². The summed E-state index contributed by atoms with van der Waals surface area (Å²) in [6, 6.07) is 15.3. The van der Waals surface area contributed by atoms with Crippen molar-refractivity contribution in [3.63, 3.8) is 0 Å². The largest absolute Gasteiger partial charge is 0.468 e. The third-order valence-corrected chi connectivity index (χ3v) is 5.67. The maximum Gasteiger partial charge on any atom is 0.316 e. The highest BCUT2D eigenvalue weighted by Gasteiger charge is 2.17. The third kappa shape index (κ3) is 4.07. The molecule has 0 N–H and O–H groups in total. The van der Waals surface area contributed by atoms with Gasteiger partial charge in [-0.2, -0.15) is 5.26 Å². The number of halogens is 1. The van der Waals surface area contributed by atoms with E-state index >= 15 is 0 Å². The van der Waals surface area contributed by atoms with Gasteiger partial charge in [0, 0.05) is 10.6 Å². The summed E-state index contributed by atoms with van der Waals surface area (Å²) < 4.78 is 4.69. The number of carbonyl (C=O) groups is 1. The molecule has 1 aromatic carbocycles. The van der Waals surface area contributed by atoms with Gasteiger partial charge in [-0.25, -0.2) is 4.98 Å². The molecule has 0 amide bonds. The van der Waals surface area contributed by atoms with E-state index < -0.39 is 0 Å². The first-order chi connectivity index (χ1) is 12.6. The number of hydrogen-bond acceptors (Lipinski definition) is 6. The number of ether oxygens (including phenoxy) is 1. The van der Waals surface area contributed by atoms with E-state index in [1.807, 2.05) is 35.7 Å². The average Bonchev–Trinajstić information content (AvgIpc) is 3.20. The minimum Gasteiger partial charge on any atom is -0.468 e. The summed E-state index contributed by atoms with van der Waals surface area (Å²) >= 11 is 8.75. The van der Waals surface area contributed by atoms with E-state index in [1.54, 1.807) is 23.5 Å². The fourth-order valence-corrected chi connectivity index (χ4v) is 3.98. The Morgan fingerprint density at radius 1 is 1.35 bits per heavy atom. The summed E-state index contributed by atoms with van der Waals surface area (Å²) in [6.45, 7) is 0. The van der Waals surface area contributed by atoms with E-state index in [9.17, 15) is 10.1 Å². The van der Waals surface area contributed by atoms with Gasteiger partial charge in [-0.15, -0.1) is 11.3 Å². The fourth-order valence-electron chi connectivity index (χ4n) is 2.33. The summed E-state index contributed by atoms with van der Waals surface area (Å²) in [5.41, 5.74) is 2.82. The molecule has 3 rings (SSSR count). The molecule has 7 heteroatoms. The first kappa shape index (κ1) is 18.5. The van der Waals surface area contributed by atoms with Crippen LogP contribution in [-0.4, -0.2) is 23.8 Å². The van der Waals surface area contributed by atoms with Crippen LogP contribution >= 0.6 is 34.7 Å². The third-order valence-electron chi connectivity index (χ3n) is 3.58. The van der Waals surface area contributed by atoms with E-state index in [-0.39, 0.29) is 11.7 Å². The zero-order chi connectivity index (χ0) is 18.5. The van der Waals surface area contributed by atoms with E-state index in [4.69, 9.17) is 16.3 Å². The Morgan fingerprint density at radius 2 is 2.12 bits per heavy atom. The van der Waals surface area contributed by atoms with E-state index in [1.165, 1.54) is 18.9 Å². The molecule has 26 heavy (non-hydrogen) atoms. The van der Waals surface area contributed by atoms with Gasteiger partial charge in [0.2, 0.25) is 0 Å². The van der Waals surface area contributed by atoms with Crippen LogP contribution in [0.15, 0.2) is 52.9 Å². The quantitative estimate of drug-likeness (QED) is 0.431. The van der Waals surface area contributed by atoms with Crippen molar-refractivity contribution in [2.75, 3.05) is 12.9 Å². The number of thiophene rings is 1. The standard InChI is InChI=1S/C19H13ClN2O2S2/c1-24-18(23)11-26-19-15(10-21)14(12-4-6-13(20)7-5-12)9-16(22-19)17-3-2-8-25-17/h2-9H,11H2,1H3. The summed E-state index contributed by atoms with van der Waals surface area (Å²) in [4.78, 5) is 17.1. The molecule has 0 aliphatic rings. The number of rotatable bonds is 5. The normalized spacial score (nSPS) is 10.3. The van der Waals surface area contributed by atoms with Crippen LogP contribution in [0.25, 0.3) is 21.7 Å². The number of thioether (sulfide) groups is 1. The molecule has 0 unspecified atom stereocenters. The Kier molecular flexibility index (Phi) is 5.94. The molecule has 0 saturated heterocycles. The van der Waals surface area contributed by atoms with Gasteiger partial charge < -0.3 is 4.74 Å². The van der Waals surface area contributed by atoms with Crippen LogP contribution in [0.1, 0.15) is 5.56 Å². The van der Waals surface area contributed by atoms with E-state index in [0.29, 0.717) is 15.6 Å². The molecule has 0 radical (unpaired) electrons. The highest BCUT2D eigenvalue weighted by molar-refractivity contribution is 7.99. The van der Waals surface area contributed by atoms with Crippen molar-refractivity contribution < 1.29 is 9.53 Å². The summed E-state index contributed by atoms with van der Waals surface area (Å²) in [5, 5.41) is 12.8. The van der Waals surface area contributed by atoms with Crippen molar-refractivity contribution >= 4 is 40.7 Å². The van der Waals surface area contributed by atoms with Crippen LogP contribution in [0.5, 0.6) is 0 Å². The number of nitriles is 1. The highest BCUT2D eigenvalue weighted by Crippen LogP contribution is 2.35. The van der Waals surface area contributed by atoms with Crippen molar-refractivity contribution in [3.8, 4) is 27.8 Å². The van der Waals surface area contributed by atoms with Crippen LogP contribution in [0, 0.1) is 11.3 Å². The highest BCUT2D eigenvalue weighted by atomic mass is 35.5. The topological polar surface area (TPSA) is 63.0 Å². The molecule has 0 spiro atoms. The Balaban J connectivity index is 2.14. The zero-order valence-electron chi connectivity index (χ0n) is 13.7. The smallest absolute Gasteiger partial charge is 0.316 e. The van der Waals surface area contributed by atoms with Gasteiger partial charge in [0.15, 0.2) is 0 Å². The van der Waals surface area contributed by atoms with E-state index in [0.717, 1.165) is 21.7 Å². The maximum absolute atomic E-state index is 11.5. The second kappa shape index (κ2) is 8.37. The lowest BCUT2D eigenvalue weighted by Crippen LogP contribution is -2.04. The second-order valence-electron chi connectivity index (χ2n) is 5.20. The monoisotopic (exact) mass is 400 g/mol. The van der Waals surface area contributed by atoms with Crippen LogP contribution in [0.4, 0.5) is 0 Å². The maximum atomic E-state index is 11.5. The minimum atomic E-state index is -0.366. The summed E-state index contributed by atoms with van der Waals surface area (Å²) in [5.74, 6) is -0.276. The molecule has 2 aromatic heterocycles. The molecule has 0 aliphatic heterocycles. The fraction of sp³-hybridized carbons (Fsp3) is 0.105. The van der Waals surface area contributed by atoms with Gasteiger partial charge >= 0.3 is 5.97 Å². The number of carbonyl (C=O) groups excluding carboxylic acids is 1. The molecule has 0 aliphatic carbocycles. The number of benzene rings is 1. The van der Waals surface area contributed by atoms with Gasteiger partial charge in [-0.1, -0.05) is 41.6 Å². The predicted octanol–water partition coefficient (Wildman–Crippen LogP) is 5.27. The molecule has 130 valence electrons. The number of nitrogens with zero attached hydrogens (tertiary/aromatic N) is 2. The lowest BCUT2D eigenvalue weighted by molar-refractivity contribution is -0.137. The molecule has 4 nitrogen and oxygen atoms in total. The molecule has 0 fully saturated rings. The van der Waals surface area contributed by atoms with Crippen LogP contribution in [-0.2, 0) is 9.53 Å². The van der Waals surface area contributed by atoms with Crippen molar-refractivity contribution in [2.24, 2.45) is 0 Å². The van der Waals surface area contributed by atoms with Crippen molar-refractivity contribution in [1.82, 2.24) is 4.98 Å². The second-order valence-corrected chi connectivity index (χ2v) is 7.54. The average molecular weight is 401 g/mol. The van der Waals surface area contributed by atoms with E-state index in [2.05, 4.69) is 11.1 Å². The Bertz CT molecular complexity index is 964. The first-order valence-corrected chi connectivity index (χ1v) is 9.81. The number of pyridine rings is 1. The van der Waals surface area contributed by atoms with Crippen molar-refractivity contribution in [1.29, 1.82) is 5.26 Å². The first-order valence-electron chi connectivity index (χ1n) is 7.57. The number of aromatic nitrogens is 1. The molecule has 0 bridgehead atoms. The molecule has 2 heterocycles. The Labute approximate surface area is 164 Å². The lowest BCUT2D eigenvalue weighted by Gasteiger charge is -2.11. The zero-order valence-corrected chi connectivity index (χ0v) is 16.1. The van der Waals surface area contributed by atoms with Gasteiger partial charge in [-0.05, 0) is 35.2 Å². The van der Waals surface area contributed by atoms with Gasteiger partial charge in [0.1, 0.15) is 11.1 Å². The SMILES string of the molecule is COC(=O)CSc1nc(-c2cccs2)cc(-c2ccc(Cl)cc2)c1C#N. The molecular formula is C19H13ClN2O2S2. The van der Waals surface area contributed by atoms with Gasteiger partial charge in [0.25, 0.3) is 0 Å². The summed E-state index contributed by atoms with van der Waals surface area (Å²) in [6.07, 6.45) is 0. The summed E-state index contributed by atoms with van der Waals surface area (Å²) in [7, 11) is 1.34. The number of hydrogen-bond donors (Lipinski definition) is 0. The minimum absolute atomic E-state index is 0.0894. The number of esters is 1. The Hall–Kier alpha value is -2.33. The lowest BCUT2D eigenvalue weighted by atomic mass is 10.0. The molecular weight excluding hydrogens is 388 g/mol. The Morgan fingerprint density at radius 3 is 2.73 bits per heavy atom.